The highest BCUT2D eigenvalue weighted by molar-refractivity contribution is 5.98. The minimum Gasteiger partial charge on any atom is -0.397 e. The van der Waals surface area contributed by atoms with Crippen molar-refractivity contribution in [3.8, 4) is 0 Å². The molecule has 94 valence electrons. The van der Waals surface area contributed by atoms with Crippen molar-refractivity contribution in [2.24, 2.45) is 0 Å². The zero-order valence-corrected chi connectivity index (χ0v) is 10.2. The lowest BCUT2D eigenvalue weighted by Gasteiger charge is -2.32. The number of nitrogen functional groups attached to an aromatic ring is 1. The third-order valence-corrected chi connectivity index (χ3v) is 3.58. The highest BCUT2D eigenvalue weighted by Crippen LogP contribution is 2.31. The smallest absolute Gasteiger partial charge is 0.0951 e. The van der Waals surface area contributed by atoms with E-state index < -0.39 is 0 Å². The lowest BCUT2D eigenvalue weighted by Crippen LogP contribution is -2.35. The van der Waals surface area contributed by atoms with Gasteiger partial charge in [0.1, 0.15) is 0 Å². The van der Waals surface area contributed by atoms with Crippen LogP contribution >= 0.6 is 0 Å². The van der Waals surface area contributed by atoms with Gasteiger partial charge in [0.2, 0.25) is 0 Å². The molecule has 0 atom stereocenters. The van der Waals surface area contributed by atoms with E-state index in [-0.39, 0.29) is 6.10 Å². The molecule has 0 spiro atoms. The first-order valence-corrected chi connectivity index (χ1v) is 6.32. The summed E-state index contributed by atoms with van der Waals surface area (Å²) in [6.45, 7) is 1.77. The number of nitrogens with two attached hydrogens (primary N) is 1. The molecule has 0 aliphatic carbocycles. The molecule has 0 unspecified atom stereocenters. The minimum atomic E-state index is -0.153. The van der Waals surface area contributed by atoms with Gasteiger partial charge in [-0.25, -0.2) is 0 Å². The van der Waals surface area contributed by atoms with Crippen molar-refractivity contribution in [2.45, 2.75) is 18.9 Å². The third-order valence-electron chi connectivity index (χ3n) is 3.58. The zero-order valence-electron chi connectivity index (χ0n) is 10.2. The lowest BCUT2D eigenvalue weighted by molar-refractivity contribution is 0.145. The monoisotopic (exact) mass is 243 g/mol. The Balaban J connectivity index is 2.04. The second-order valence-electron chi connectivity index (χ2n) is 4.79. The molecule has 18 heavy (non-hydrogen) atoms. The van der Waals surface area contributed by atoms with Crippen molar-refractivity contribution in [1.29, 1.82) is 0 Å². The Hall–Kier alpha value is -1.81. The summed E-state index contributed by atoms with van der Waals surface area (Å²) < 4.78 is 0. The van der Waals surface area contributed by atoms with Gasteiger partial charge in [0, 0.05) is 30.4 Å². The van der Waals surface area contributed by atoms with Gasteiger partial charge in [-0.3, -0.25) is 4.98 Å². The normalized spacial score (nSPS) is 17.3. The van der Waals surface area contributed by atoms with Crippen LogP contribution in [0.25, 0.3) is 10.9 Å². The van der Waals surface area contributed by atoms with Crippen LogP contribution in [0, 0.1) is 0 Å². The SMILES string of the molecule is Nc1ccc(N2CCC(O)CC2)c2cccnc12. The largest absolute Gasteiger partial charge is 0.397 e. The number of aliphatic hydroxyl groups is 1. The maximum atomic E-state index is 9.57. The van der Waals surface area contributed by atoms with Gasteiger partial charge in [0.05, 0.1) is 17.3 Å². The number of benzene rings is 1. The van der Waals surface area contributed by atoms with Crippen LogP contribution in [0.5, 0.6) is 0 Å². The van der Waals surface area contributed by atoms with E-state index in [4.69, 9.17) is 5.73 Å². The fourth-order valence-electron chi connectivity index (χ4n) is 2.56. The minimum absolute atomic E-state index is 0.153. The summed E-state index contributed by atoms with van der Waals surface area (Å²) in [5.41, 5.74) is 8.70. The molecule has 1 aromatic carbocycles. The molecular formula is C14H17N3O. The fourth-order valence-corrected chi connectivity index (χ4v) is 2.56. The Morgan fingerprint density at radius 1 is 1.22 bits per heavy atom. The number of piperidine rings is 1. The molecule has 1 saturated heterocycles. The van der Waals surface area contributed by atoms with Gasteiger partial charge in [0.25, 0.3) is 0 Å². The van der Waals surface area contributed by atoms with Crippen molar-refractivity contribution in [2.75, 3.05) is 23.7 Å². The molecule has 2 heterocycles. The lowest BCUT2D eigenvalue weighted by atomic mass is 10.0. The highest BCUT2D eigenvalue weighted by Gasteiger charge is 2.19. The molecule has 0 radical (unpaired) electrons. The predicted molar refractivity (Wildman–Crippen MR) is 73.6 cm³/mol. The summed E-state index contributed by atoms with van der Waals surface area (Å²) in [5, 5.41) is 10.7. The maximum Gasteiger partial charge on any atom is 0.0951 e. The van der Waals surface area contributed by atoms with E-state index in [0.29, 0.717) is 5.69 Å². The summed E-state index contributed by atoms with van der Waals surface area (Å²) in [6, 6.07) is 7.95. The van der Waals surface area contributed by atoms with Crippen LogP contribution in [0.1, 0.15) is 12.8 Å². The standard InChI is InChI=1S/C14H17N3O/c15-12-3-4-13(11-2-1-7-16-14(11)12)17-8-5-10(18)6-9-17/h1-4,7,10,18H,5-6,8-9,15H2. The first kappa shape index (κ1) is 11.3. The molecule has 1 aromatic heterocycles. The zero-order chi connectivity index (χ0) is 12.5. The topological polar surface area (TPSA) is 62.4 Å². The Labute approximate surface area is 106 Å². The highest BCUT2D eigenvalue weighted by atomic mass is 16.3. The van der Waals surface area contributed by atoms with Gasteiger partial charge in [0.15, 0.2) is 0 Å². The quantitative estimate of drug-likeness (QED) is 0.749. The van der Waals surface area contributed by atoms with Crippen molar-refractivity contribution in [1.82, 2.24) is 4.98 Å². The number of aliphatic hydroxyl groups excluding tert-OH is 1. The van der Waals surface area contributed by atoms with E-state index in [1.807, 2.05) is 12.1 Å². The number of aromatic nitrogens is 1. The van der Waals surface area contributed by atoms with E-state index >= 15 is 0 Å². The third kappa shape index (κ3) is 1.88. The first-order chi connectivity index (χ1) is 8.75. The van der Waals surface area contributed by atoms with Crippen molar-refractivity contribution >= 4 is 22.3 Å². The van der Waals surface area contributed by atoms with Gasteiger partial charge >= 0.3 is 0 Å². The van der Waals surface area contributed by atoms with Crippen molar-refractivity contribution < 1.29 is 5.11 Å². The molecule has 4 nitrogen and oxygen atoms in total. The van der Waals surface area contributed by atoms with Crippen LogP contribution in [0.4, 0.5) is 11.4 Å². The Bertz CT molecular complexity index is 562. The summed E-state index contributed by atoms with van der Waals surface area (Å²) >= 11 is 0. The van der Waals surface area contributed by atoms with Crippen LogP contribution in [0.15, 0.2) is 30.5 Å². The van der Waals surface area contributed by atoms with Gasteiger partial charge in [-0.2, -0.15) is 0 Å². The molecule has 1 aliphatic rings. The number of pyridine rings is 1. The molecular weight excluding hydrogens is 226 g/mol. The number of hydrogen-bond donors (Lipinski definition) is 2. The summed E-state index contributed by atoms with van der Waals surface area (Å²) in [6.07, 6.45) is 3.26. The number of rotatable bonds is 1. The molecule has 0 amide bonds. The summed E-state index contributed by atoms with van der Waals surface area (Å²) in [5.74, 6) is 0. The molecule has 0 saturated carbocycles. The average Bonchev–Trinajstić information content (AvgIpc) is 2.41. The van der Waals surface area contributed by atoms with Crippen LogP contribution < -0.4 is 10.6 Å². The second kappa shape index (κ2) is 4.46. The van der Waals surface area contributed by atoms with Crippen LogP contribution in [0.3, 0.4) is 0 Å². The van der Waals surface area contributed by atoms with Crippen LogP contribution in [-0.4, -0.2) is 29.3 Å². The molecule has 0 bridgehead atoms. The number of hydrogen-bond acceptors (Lipinski definition) is 4. The second-order valence-corrected chi connectivity index (χ2v) is 4.79. The predicted octanol–water partition coefficient (Wildman–Crippen LogP) is 1.78. The fraction of sp³-hybridized carbons (Fsp3) is 0.357. The Morgan fingerprint density at radius 3 is 2.78 bits per heavy atom. The molecule has 1 fully saturated rings. The van der Waals surface area contributed by atoms with Gasteiger partial charge < -0.3 is 15.7 Å². The average molecular weight is 243 g/mol. The maximum absolute atomic E-state index is 9.57. The molecule has 3 N–H and O–H groups in total. The molecule has 1 aliphatic heterocycles. The summed E-state index contributed by atoms with van der Waals surface area (Å²) in [4.78, 5) is 6.65. The van der Waals surface area contributed by atoms with Gasteiger partial charge in [-0.05, 0) is 37.1 Å². The van der Waals surface area contributed by atoms with Gasteiger partial charge in [-0.1, -0.05) is 0 Å². The number of anilines is 2. The molecule has 3 rings (SSSR count). The number of fused-ring (bicyclic) bond motifs is 1. The summed E-state index contributed by atoms with van der Waals surface area (Å²) in [7, 11) is 0. The number of nitrogens with zero attached hydrogens (tertiary/aromatic N) is 2. The van der Waals surface area contributed by atoms with E-state index in [0.717, 1.165) is 36.8 Å². The van der Waals surface area contributed by atoms with E-state index in [1.54, 1.807) is 6.20 Å². The van der Waals surface area contributed by atoms with Crippen molar-refractivity contribution in [3.05, 3.63) is 30.5 Å². The molecule has 4 heteroatoms. The first-order valence-electron chi connectivity index (χ1n) is 6.32. The van der Waals surface area contributed by atoms with Crippen molar-refractivity contribution in [3.63, 3.8) is 0 Å². The van der Waals surface area contributed by atoms with Crippen LogP contribution in [-0.2, 0) is 0 Å². The van der Waals surface area contributed by atoms with E-state index in [9.17, 15) is 5.11 Å². The molecule has 2 aromatic rings. The Kier molecular flexibility index (Phi) is 2.80. The van der Waals surface area contributed by atoms with Gasteiger partial charge in [-0.15, -0.1) is 0 Å². The van der Waals surface area contributed by atoms with E-state index in [2.05, 4.69) is 22.0 Å². The van der Waals surface area contributed by atoms with E-state index in [1.165, 1.54) is 5.69 Å². The Morgan fingerprint density at radius 2 is 2.00 bits per heavy atom. The van der Waals surface area contributed by atoms with Crippen LogP contribution in [0.2, 0.25) is 0 Å².